The van der Waals surface area contributed by atoms with Crippen molar-refractivity contribution in [2.45, 2.75) is 129 Å². The number of rotatable bonds is 21. The van der Waals surface area contributed by atoms with Crippen molar-refractivity contribution in [2.24, 2.45) is 5.92 Å². The minimum Gasteiger partial charge on any atom is -0.480 e. The number of aromatic amines is 1. The second-order valence-corrected chi connectivity index (χ2v) is 9.96. The largest absolute Gasteiger partial charge is 0.480 e. The van der Waals surface area contributed by atoms with E-state index in [0.717, 1.165) is 19.3 Å². The van der Waals surface area contributed by atoms with Gasteiger partial charge in [0.2, 0.25) is 11.8 Å². The van der Waals surface area contributed by atoms with Crippen LogP contribution in [0.5, 0.6) is 0 Å². The van der Waals surface area contributed by atoms with Gasteiger partial charge in [0.1, 0.15) is 12.1 Å². The molecule has 8 heteroatoms. The number of carboxylic acid groups (broad SMARTS) is 1. The van der Waals surface area contributed by atoms with Gasteiger partial charge in [-0.3, -0.25) is 9.59 Å². The third-order valence-corrected chi connectivity index (χ3v) is 6.37. The second-order valence-electron chi connectivity index (χ2n) is 9.96. The molecule has 0 saturated carbocycles. The number of nitrogens with zero attached hydrogens (tertiary/aromatic N) is 1. The maximum atomic E-state index is 12.8. The van der Waals surface area contributed by atoms with Crippen LogP contribution in [0.2, 0.25) is 0 Å². The van der Waals surface area contributed by atoms with E-state index in [1.165, 1.54) is 70.5 Å². The lowest BCUT2D eigenvalue weighted by atomic mass is 10.0. The molecule has 0 saturated heterocycles. The van der Waals surface area contributed by atoms with Gasteiger partial charge in [-0.2, -0.15) is 0 Å². The quantitative estimate of drug-likeness (QED) is 0.177. The van der Waals surface area contributed by atoms with Crippen LogP contribution < -0.4 is 10.6 Å². The number of carbonyl (C=O) groups excluding carboxylic acids is 2. The number of carbonyl (C=O) groups is 3. The first-order valence-corrected chi connectivity index (χ1v) is 13.6. The van der Waals surface area contributed by atoms with Crippen LogP contribution in [-0.4, -0.2) is 44.9 Å². The summed E-state index contributed by atoms with van der Waals surface area (Å²) in [5.41, 5.74) is 0.697. The molecule has 0 aromatic carbocycles. The van der Waals surface area contributed by atoms with Crippen molar-refractivity contribution in [1.82, 2.24) is 20.6 Å². The predicted molar refractivity (Wildman–Crippen MR) is 139 cm³/mol. The highest BCUT2D eigenvalue weighted by Crippen LogP contribution is 2.13. The van der Waals surface area contributed by atoms with Gasteiger partial charge in [-0.15, -0.1) is 0 Å². The number of hydrogen-bond acceptors (Lipinski definition) is 4. The lowest BCUT2D eigenvalue weighted by Gasteiger charge is -2.23. The van der Waals surface area contributed by atoms with E-state index >= 15 is 0 Å². The Morgan fingerprint density at radius 2 is 1.43 bits per heavy atom. The van der Waals surface area contributed by atoms with Crippen molar-refractivity contribution in [3.05, 3.63) is 18.2 Å². The number of H-pyrrole nitrogens is 1. The van der Waals surface area contributed by atoms with Crippen LogP contribution in [0.15, 0.2) is 12.5 Å². The summed E-state index contributed by atoms with van der Waals surface area (Å²) >= 11 is 0. The van der Waals surface area contributed by atoms with Gasteiger partial charge in [0.05, 0.1) is 6.33 Å². The van der Waals surface area contributed by atoms with Crippen LogP contribution in [0, 0.1) is 5.92 Å². The molecule has 0 fully saturated rings. The van der Waals surface area contributed by atoms with Gasteiger partial charge >= 0.3 is 5.97 Å². The van der Waals surface area contributed by atoms with E-state index in [4.69, 9.17) is 0 Å². The predicted octanol–water partition coefficient (Wildman–Crippen LogP) is 5.14. The van der Waals surface area contributed by atoms with E-state index in [0.29, 0.717) is 12.1 Å². The van der Waals surface area contributed by atoms with Gasteiger partial charge in [-0.25, -0.2) is 9.78 Å². The Hall–Kier alpha value is -2.38. The Labute approximate surface area is 211 Å². The Kier molecular flexibility index (Phi) is 16.5. The van der Waals surface area contributed by atoms with Crippen molar-refractivity contribution in [3.63, 3.8) is 0 Å². The van der Waals surface area contributed by atoms with Gasteiger partial charge in [-0.1, -0.05) is 97.8 Å². The SMILES string of the molecule is CCCCCCCCCCCCCCCC(=O)N[C@H](Cc1cnc[nH]1)C(=O)N[C@@H](C(=O)O)C(C)C. The van der Waals surface area contributed by atoms with Gasteiger partial charge in [0.25, 0.3) is 0 Å². The van der Waals surface area contributed by atoms with E-state index in [-0.39, 0.29) is 18.2 Å². The standard InChI is InChI=1S/C27H48N4O4/c1-4-5-6-7-8-9-10-11-12-13-14-15-16-17-24(32)30-23(18-22-19-28-20-29-22)26(33)31-25(21(2)3)27(34)35/h19-21,23,25H,4-18H2,1-3H3,(H,28,29)(H,30,32)(H,31,33)(H,34,35)/t23-,25-/m1/s1. The molecule has 0 aliphatic heterocycles. The summed E-state index contributed by atoms with van der Waals surface area (Å²) in [6, 6.07) is -1.87. The van der Waals surface area contributed by atoms with E-state index in [9.17, 15) is 19.5 Å². The molecule has 1 aromatic rings. The number of unbranched alkanes of at least 4 members (excludes halogenated alkanes) is 12. The zero-order valence-corrected chi connectivity index (χ0v) is 22.1. The molecule has 1 aromatic heterocycles. The molecule has 0 bridgehead atoms. The maximum absolute atomic E-state index is 12.8. The zero-order valence-electron chi connectivity index (χ0n) is 22.1. The summed E-state index contributed by atoms with van der Waals surface area (Å²) in [5, 5.41) is 14.7. The molecule has 8 nitrogen and oxygen atoms in total. The molecule has 2 atom stereocenters. The van der Waals surface area contributed by atoms with E-state index in [1.807, 2.05) is 0 Å². The first-order chi connectivity index (χ1) is 16.8. The third kappa shape index (κ3) is 14.6. The van der Waals surface area contributed by atoms with Crippen LogP contribution >= 0.6 is 0 Å². The van der Waals surface area contributed by atoms with E-state index in [2.05, 4.69) is 27.5 Å². The molecule has 4 N–H and O–H groups in total. The minimum absolute atomic E-state index is 0.191. The number of imidazole rings is 1. The second kappa shape index (κ2) is 18.9. The summed E-state index contributed by atoms with van der Waals surface area (Å²) in [6.45, 7) is 5.71. The lowest BCUT2D eigenvalue weighted by Crippen LogP contribution is -2.53. The number of carboxylic acids is 1. The van der Waals surface area contributed by atoms with Crippen LogP contribution in [-0.2, 0) is 20.8 Å². The maximum Gasteiger partial charge on any atom is 0.326 e. The van der Waals surface area contributed by atoms with E-state index < -0.39 is 24.0 Å². The molecule has 2 amide bonds. The Morgan fingerprint density at radius 3 is 1.89 bits per heavy atom. The van der Waals surface area contributed by atoms with Gasteiger partial charge in [0, 0.05) is 24.7 Å². The number of nitrogens with one attached hydrogen (secondary N) is 3. The molecule has 0 spiro atoms. The summed E-state index contributed by atoms with van der Waals surface area (Å²) in [6.07, 6.45) is 19.8. The Balaban J connectivity index is 2.29. The molecule has 35 heavy (non-hydrogen) atoms. The highest BCUT2D eigenvalue weighted by molar-refractivity contribution is 5.90. The first-order valence-electron chi connectivity index (χ1n) is 13.6. The summed E-state index contributed by atoms with van der Waals surface area (Å²) < 4.78 is 0. The number of aromatic nitrogens is 2. The van der Waals surface area contributed by atoms with E-state index in [1.54, 1.807) is 20.0 Å². The van der Waals surface area contributed by atoms with Gasteiger partial charge < -0.3 is 20.7 Å². The average molecular weight is 493 g/mol. The zero-order chi connectivity index (χ0) is 25.9. The van der Waals surface area contributed by atoms with Crippen molar-refractivity contribution in [2.75, 3.05) is 0 Å². The smallest absolute Gasteiger partial charge is 0.326 e. The Bertz CT molecular complexity index is 706. The molecule has 0 unspecified atom stereocenters. The number of hydrogen-bond donors (Lipinski definition) is 4. The van der Waals surface area contributed by atoms with Crippen LogP contribution in [0.4, 0.5) is 0 Å². The molecular weight excluding hydrogens is 444 g/mol. The lowest BCUT2D eigenvalue weighted by molar-refractivity contribution is -0.143. The molecule has 0 radical (unpaired) electrons. The average Bonchev–Trinajstić information content (AvgIpc) is 3.32. The first kappa shape index (κ1) is 30.7. The highest BCUT2D eigenvalue weighted by atomic mass is 16.4. The molecular formula is C27H48N4O4. The fourth-order valence-electron chi connectivity index (χ4n) is 4.16. The van der Waals surface area contributed by atoms with Crippen molar-refractivity contribution >= 4 is 17.8 Å². The topological polar surface area (TPSA) is 124 Å². The summed E-state index contributed by atoms with van der Waals surface area (Å²) in [7, 11) is 0. The van der Waals surface area contributed by atoms with Gasteiger partial charge in [-0.05, 0) is 12.3 Å². The molecule has 0 aliphatic rings. The van der Waals surface area contributed by atoms with Crippen molar-refractivity contribution < 1.29 is 19.5 Å². The third-order valence-electron chi connectivity index (χ3n) is 6.37. The molecule has 1 heterocycles. The van der Waals surface area contributed by atoms with Crippen molar-refractivity contribution in [3.8, 4) is 0 Å². The molecule has 0 aliphatic carbocycles. The number of amides is 2. The van der Waals surface area contributed by atoms with Crippen LogP contribution in [0.1, 0.15) is 116 Å². The van der Waals surface area contributed by atoms with Crippen molar-refractivity contribution in [1.29, 1.82) is 0 Å². The van der Waals surface area contributed by atoms with Crippen LogP contribution in [0.3, 0.4) is 0 Å². The van der Waals surface area contributed by atoms with Crippen LogP contribution in [0.25, 0.3) is 0 Å². The minimum atomic E-state index is -1.09. The molecule has 1 rings (SSSR count). The fraction of sp³-hybridized carbons (Fsp3) is 0.778. The van der Waals surface area contributed by atoms with Gasteiger partial charge in [0.15, 0.2) is 0 Å². The monoisotopic (exact) mass is 492 g/mol. The summed E-state index contributed by atoms with van der Waals surface area (Å²) in [5.74, 6) is -2.05. The highest BCUT2D eigenvalue weighted by Gasteiger charge is 2.28. The molecule has 200 valence electrons. The summed E-state index contributed by atoms with van der Waals surface area (Å²) in [4.78, 5) is 43.7. The number of aliphatic carboxylic acids is 1. The Morgan fingerprint density at radius 1 is 0.886 bits per heavy atom. The fourth-order valence-corrected chi connectivity index (χ4v) is 4.16. The normalized spacial score (nSPS) is 12.9.